The van der Waals surface area contributed by atoms with E-state index in [1.54, 1.807) is 12.4 Å². The monoisotopic (exact) mass is 325 g/mol. The number of carbonyl (C=O) groups excluding carboxylic acids is 1. The Bertz CT molecular complexity index is 686. The molecule has 2 aromatic rings. The second-order valence-electron chi connectivity index (χ2n) is 6.98. The van der Waals surface area contributed by atoms with Gasteiger partial charge in [-0.2, -0.15) is 5.10 Å². The van der Waals surface area contributed by atoms with Crippen molar-refractivity contribution >= 4 is 11.7 Å². The number of amides is 1. The van der Waals surface area contributed by atoms with Crippen LogP contribution in [0.5, 0.6) is 0 Å². The lowest BCUT2D eigenvalue weighted by Crippen LogP contribution is -2.39. The lowest BCUT2D eigenvalue weighted by Gasteiger charge is -2.28. The first kappa shape index (κ1) is 15.3. The number of hydrogen-bond donors (Lipinski definition) is 2. The SMILES string of the molecule is O=C(CC1CC2CCC(C1)N2)Nc1ccn(Cc2ccncc2)n1. The highest BCUT2D eigenvalue weighted by atomic mass is 16.1. The number of anilines is 1. The van der Waals surface area contributed by atoms with Crippen LogP contribution >= 0.6 is 0 Å². The normalized spacial score (nSPS) is 25.6. The molecule has 2 saturated heterocycles. The summed E-state index contributed by atoms with van der Waals surface area (Å²) in [4.78, 5) is 16.3. The quantitative estimate of drug-likeness (QED) is 0.884. The summed E-state index contributed by atoms with van der Waals surface area (Å²) in [5.41, 5.74) is 1.14. The van der Waals surface area contributed by atoms with Crippen molar-refractivity contribution in [3.63, 3.8) is 0 Å². The predicted octanol–water partition coefficient (Wildman–Crippen LogP) is 2.19. The minimum Gasteiger partial charge on any atom is -0.311 e. The average Bonchev–Trinajstić information content (AvgIpc) is 3.14. The molecular weight excluding hydrogens is 302 g/mol. The fraction of sp³-hybridized carbons (Fsp3) is 0.500. The van der Waals surface area contributed by atoms with Gasteiger partial charge in [-0.3, -0.25) is 14.5 Å². The zero-order valence-corrected chi connectivity index (χ0v) is 13.7. The molecule has 2 unspecified atom stereocenters. The molecule has 1 amide bonds. The van der Waals surface area contributed by atoms with Crippen molar-refractivity contribution in [1.29, 1.82) is 0 Å². The number of aromatic nitrogens is 3. The largest absolute Gasteiger partial charge is 0.311 e. The van der Waals surface area contributed by atoms with Gasteiger partial charge in [-0.05, 0) is 49.3 Å². The summed E-state index contributed by atoms with van der Waals surface area (Å²) in [6, 6.07) is 7.03. The maximum Gasteiger partial charge on any atom is 0.225 e. The molecule has 0 radical (unpaired) electrons. The lowest BCUT2D eigenvalue weighted by atomic mass is 9.89. The molecule has 2 aliphatic heterocycles. The third-order valence-electron chi connectivity index (χ3n) is 5.05. The zero-order valence-electron chi connectivity index (χ0n) is 13.7. The molecule has 6 heteroatoms. The molecule has 24 heavy (non-hydrogen) atoms. The number of hydrogen-bond acceptors (Lipinski definition) is 4. The van der Waals surface area contributed by atoms with Gasteiger partial charge >= 0.3 is 0 Å². The van der Waals surface area contributed by atoms with E-state index in [0.29, 0.717) is 36.8 Å². The van der Waals surface area contributed by atoms with Gasteiger partial charge in [0.1, 0.15) is 0 Å². The number of nitrogens with zero attached hydrogens (tertiary/aromatic N) is 3. The summed E-state index contributed by atoms with van der Waals surface area (Å²) in [5, 5.41) is 11.0. The Kier molecular flexibility index (Phi) is 4.30. The highest BCUT2D eigenvalue weighted by Crippen LogP contribution is 2.32. The van der Waals surface area contributed by atoms with Crippen molar-refractivity contribution < 1.29 is 4.79 Å². The van der Waals surface area contributed by atoms with Gasteiger partial charge in [0.25, 0.3) is 0 Å². The van der Waals surface area contributed by atoms with Gasteiger partial charge in [0.05, 0.1) is 6.54 Å². The molecule has 2 bridgehead atoms. The Hall–Kier alpha value is -2.21. The molecule has 2 fully saturated rings. The van der Waals surface area contributed by atoms with E-state index in [1.165, 1.54) is 12.8 Å². The summed E-state index contributed by atoms with van der Waals surface area (Å²) in [7, 11) is 0. The van der Waals surface area contributed by atoms with Crippen molar-refractivity contribution in [2.24, 2.45) is 5.92 Å². The van der Waals surface area contributed by atoms with E-state index in [9.17, 15) is 4.79 Å². The van der Waals surface area contributed by atoms with Gasteiger partial charge in [0, 0.05) is 43.2 Å². The standard InChI is InChI=1S/C18H23N5O/c24-18(11-14-9-15-1-2-16(10-14)20-15)21-17-5-8-23(22-17)12-13-3-6-19-7-4-13/h3-8,14-16,20H,1-2,9-12H2,(H,21,22,24). The number of fused-ring (bicyclic) bond motifs is 2. The number of carbonyl (C=O) groups is 1. The molecule has 2 atom stereocenters. The molecule has 0 spiro atoms. The van der Waals surface area contributed by atoms with Crippen LogP contribution in [-0.2, 0) is 11.3 Å². The van der Waals surface area contributed by atoms with Gasteiger partial charge in [-0.15, -0.1) is 0 Å². The van der Waals surface area contributed by atoms with E-state index >= 15 is 0 Å². The first-order chi connectivity index (χ1) is 11.7. The van der Waals surface area contributed by atoms with Crippen LogP contribution in [0.25, 0.3) is 0 Å². The van der Waals surface area contributed by atoms with Crippen LogP contribution in [0.4, 0.5) is 5.82 Å². The second-order valence-corrected chi connectivity index (χ2v) is 6.98. The highest BCUT2D eigenvalue weighted by Gasteiger charge is 2.34. The van der Waals surface area contributed by atoms with Crippen LogP contribution in [0.1, 0.15) is 37.7 Å². The first-order valence-corrected chi connectivity index (χ1v) is 8.73. The lowest BCUT2D eigenvalue weighted by molar-refractivity contribution is -0.117. The van der Waals surface area contributed by atoms with Crippen LogP contribution in [0.3, 0.4) is 0 Å². The van der Waals surface area contributed by atoms with Gasteiger partial charge in [-0.1, -0.05) is 0 Å². The smallest absolute Gasteiger partial charge is 0.225 e. The van der Waals surface area contributed by atoms with E-state index in [1.807, 2.05) is 29.1 Å². The maximum atomic E-state index is 12.3. The Labute approximate surface area is 141 Å². The van der Waals surface area contributed by atoms with E-state index < -0.39 is 0 Å². The molecule has 4 heterocycles. The van der Waals surface area contributed by atoms with Crippen LogP contribution in [-0.4, -0.2) is 32.8 Å². The Morgan fingerprint density at radius 1 is 1.21 bits per heavy atom. The maximum absolute atomic E-state index is 12.3. The molecule has 2 aliphatic rings. The van der Waals surface area contributed by atoms with Crippen molar-refractivity contribution in [1.82, 2.24) is 20.1 Å². The second kappa shape index (κ2) is 6.73. The van der Waals surface area contributed by atoms with E-state index in [-0.39, 0.29) is 5.91 Å². The molecule has 2 N–H and O–H groups in total. The van der Waals surface area contributed by atoms with Gasteiger partial charge in [0.2, 0.25) is 5.91 Å². The third-order valence-corrected chi connectivity index (χ3v) is 5.05. The predicted molar refractivity (Wildman–Crippen MR) is 91.5 cm³/mol. The third kappa shape index (κ3) is 3.64. The van der Waals surface area contributed by atoms with Crippen LogP contribution in [0.2, 0.25) is 0 Å². The minimum absolute atomic E-state index is 0.0791. The number of piperidine rings is 1. The average molecular weight is 325 g/mol. The topological polar surface area (TPSA) is 71.8 Å². The van der Waals surface area contributed by atoms with Crippen molar-refractivity contribution in [3.8, 4) is 0 Å². The molecule has 2 aromatic heterocycles. The van der Waals surface area contributed by atoms with Crippen LogP contribution in [0.15, 0.2) is 36.8 Å². The molecule has 4 rings (SSSR count). The Morgan fingerprint density at radius 3 is 2.71 bits per heavy atom. The molecule has 6 nitrogen and oxygen atoms in total. The van der Waals surface area contributed by atoms with Gasteiger partial charge in [0.15, 0.2) is 5.82 Å². The summed E-state index contributed by atoms with van der Waals surface area (Å²) in [6.45, 7) is 0.677. The van der Waals surface area contributed by atoms with E-state index in [2.05, 4.69) is 20.7 Å². The Balaban J connectivity index is 1.30. The molecule has 0 saturated carbocycles. The highest BCUT2D eigenvalue weighted by molar-refractivity contribution is 5.89. The molecular formula is C18H23N5O. The zero-order chi connectivity index (χ0) is 16.4. The fourth-order valence-electron chi connectivity index (χ4n) is 3.99. The molecule has 0 aromatic carbocycles. The van der Waals surface area contributed by atoms with Crippen LogP contribution < -0.4 is 10.6 Å². The fourth-order valence-corrected chi connectivity index (χ4v) is 3.99. The summed E-state index contributed by atoms with van der Waals surface area (Å²) in [6.07, 6.45) is 10.8. The summed E-state index contributed by atoms with van der Waals surface area (Å²) in [5.74, 6) is 1.21. The van der Waals surface area contributed by atoms with Crippen LogP contribution in [0, 0.1) is 5.92 Å². The minimum atomic E-state index is 0.0791. The van der Waals surface area contributed by atoms with E-state index in [0.717, 1.165) is 18.4 Å². The number of rotatable bonds is 5. The van der Waals surface area contributed by atoms with E-state index in [4.69, 9.17) is 0 Å². The van der Waals surface area contributed by atoms with Crippen molar-refractivity contribution in [3.05, 3.63) is 42.4 Å². The first-order valence-electron chi connectivity index (χ1n) is 8.73. The number of pyridine rings is 1. The summed E-state index contributed by atoms with van der Waals surface area (Å²) < 4.78 is 1.83. The van der Waals surface area contributed by atoms with Crippen molar-refractivity contribution in [2.75, 3.05) is 5.32 Å². The van der Waals surface area contributed by atoms with Crippen molar-refractivity contribution in [2.45, 2.75) is 50.7 Å². The Morgan fingerprint density at radius 2 is 1.96 bits per heavy atom. The van der Waals surface area contributed by atoms with Gasteiger partial charge < -0.3 is 10.6 Å². The summed E-state index contributed by atoms with van der Waals surface area (Å²) >= 11 is 0. The van der Waals surface area contributed by atoms with Gasteiger partial charge in [-0.25, -0.2) is 0 Å². The number of nitrogens with one attached hydrogen (secondary N) is 2. The molecule has 0 aliphatic carbocycles. The molecule has 126 valence electrons.